The fourth-order valence-corrected chi connectivity index (χ4v) is 2.88. The topological polar surface area (TPSA) is 77.1 Å². The van der Waals surface area contributed by atoms with Gasteiger partial charge in [0.2, 0.25) is 5.91 Å². The number of nitrogens with two attached hydrogens (primary N) is 1. The van der Waals surface area contributed by atoms with Crippen LogP contribution in [0.1, 0.15) is 18.0 Å². The third-order valence-corrected chi connectivity index (χ3v) is 4.10. The minimum Gasteiger partial charge on any atom is -0.369 e. The number of nitrogens with one attached hydrogen (secondary N) is 1. The summed E-state index contributed by atoms with van der Waals surface area (Å²) in [6.45, 7) is 0.436. The van der Waals surface area contributed by atoms with Crippen LogP contribution >= 0.6 is 15.9 Å². The highest BCUT2D eigenvalue weighted by molar-refractivity contribution is 9.10. The summed E-state index contributed by atoms with van der Waals surface area (Å²) in [4.78, 5) is 23.5. The first-order valence-electron chi connectivity index (χ1n) is 6.64. The Hall–Kier alpha value is -2.15. The number of primary amides is 1. The second-order valence-electron chi connectivity index (χ2n) is 5.05. The molecule has 0 bridgehead atoms. The maximum atomic E-state index is 13.9. The molecule has 1 unspecified atom stereocenters. The molecule has 1 aliphatic heterocycles. The number of pyridine rings is 1. The fourth-order valence-electron chi connectivity index (χ4n) is 2.54. The largest absolute Gasteiger partial charge is 0.369 e. The molecule has 1 radical (unpaired) electrons. The van der Waals surface area contributed by atoms with Crippen molar-refractivity contribution in [3.05, 3.63) is 56.7 Å². The first kappa shape index (κ1) is 14.8. The van der Waals surface area contributed by atoms with Gasteiger partial charge in [0.1, 0.15) is 5.82 Å². The summed E-state index contributed by atoms with van der Waals surface area (Å²) in [6, 6.07) is 8.83. The number of aromatic nitrogens is 1. The van der Waals surface area contributed by atoms with Crippen molar-refractivity contribution in [3.63, 3.8) is 0 Å². The predicted octanol–water partition coefficient (Wildman–Crippen LogP) is 2.27. The highest BCUT2D eigenvalue weighted by atomic mass is 79.9. The molecule has 3 rings (SSSR count). The molecule has 5 nitrogen and oxygen atoms in total. The molecule has 1 aromatic carbocycles. The van der Waals surface area contributed by atoms with E-state index in [1.54, 1.807) is 12.1 Å². The van der Waals surface area contributed by atoms with Gasteiger partial charge in [0.25, 0.3) is 5.56 Å². The van der Waals surface area contributed by atoms with E-state index in [1.165, 1.54) is 16.7 Å². The van der Waals surface area contributed by atoms with Gasteiger partial charge < -0.3 is 15.6 Å². The zero-order valence-electron chi connectivity index (χ0n) is 11.4. The minimum atomic E-state index is -0.538. The molecule has 113 valence electrons. The van der Waals surface area contributed by atoms with E-state index in [-0.39, 0.29) is 11.2 Å². The molecule has 2 heterocycles. The second-order valence-corrected chi connectivity index (χ2v) is 5.97. The Bertz CT molecular complexity index is 819. The van der Waals surface area contributed by atoms with Crippen LogP contribution in [0.25, 0.3) is 0 Å². The maximum Gasteiger partial charge on any atom is 0.252 e. The lowest BCUT2D eigenvalue weighted by atomic mass is 10.0. The van der Waals surface area contributed by atoms with Gasteiger partial charge in [-0.05, 0) is 24.6 Å². The summed E-state index contributed by atoms with van der Waals surface area (Å²) < 4.78 is 15.9. The number of amides is 1. The Balaban J connectivity index is 1.99. The Kier molecular flexibility index (Phi) is 3.74. The third-order valence-electron chi connectivity index (χ3n) is 3.60. The van der Waals surface area contributed by atoms with Crippen LogP contribution in [-0.4, -0.2) is 10.5 Å². The highest BCUT2D eigenvalue weighted by Gasteiger charge is 2.28. The van der Waals surface area contributed by atoms with Gasteiger partial charge >= 0.3 is 0 Å². The summed E-state index contributed by atoms with van der Waals surface area (Å²) in [5.74, 6) is -1.49. The average molecular weight is 365 g/mol. The molecule has 0 saturated carbocycles. The van der Waals surface area contributed by atoms with Gasteiger partial charge in [-0.3, -0.25) is 9.59 Å². The van der Waals surface area contributed by atoms with Crippen molar-refractivity contribution in [2.75, 3.05) is 5.32 Å². The van der Waals surface area contributed by atoms with E-state index in [9.17, 15) is 14.0 Å². The van der Waals surface area contributed by atoms with Crippen molar-refractivity contribution < 1.29 is 9.18 Å². The Morgan fingerprint density at radius 3 is 2.91 bits per heavy atom. The predicted molar refractivity (Wildman–Crippen MR) is 83.5 cm³/mol. The van der Waals surface area contributed by atoms with Gasteiger partial charge in [0.15, 0.2) is 0 Å². The zero-order chi connectivity index (χ0) is 15.9. The molecule has 7 heteroatoms. The quantitative estimate of drug-likeness (QED) is 0.876. The van der Waals surface area contributed by atoms with Crippen LogP contribution in [0.15, 0.2) is 33.5 Å². The number of nitrogens with zero attached hydrogens (tertiary/aromatic N) is 1. The SMILES string of the molecule is NC(=O)C1CCn2c1[c]c(Nc1ccc(Br)cc1F)cc2=O. The summed E-state index contributed by atoms with van der Waals surface area (Å²) in [6.07, 6.45) is 0.483. The summed E-state index contributed by atoms with van der Waals surface area (Å²) in [7, 11) is 0. The lowest BCUT2D eigenvalue weighted by Crippen LogP contribution is -2.23. The van der Waals surface area contributed by atoms with Crippen LogP contribution in [0, 0.1) is 11.9 Å². The lowest BCUT2D eigenvalue weighted by Gasteiger charge is -2.11. The summed E-state index contributed by atoms with van der Waals surface area (Å²) >= 11 is 3.18. The monoisotopic (exact) mass is 364 g/mol. The molecular weight excluding hydrogens is 353 g/mol. The highest BCUT2D eigenvalue weighted by Crippen LogP contribution is 2.29. The van der Waals surface area contributed by atoms with E-state index >= 15 is 0 Å². The molecule has 22 heavy (non-hydrogen) atoms. The number of anilines is 2. The third kappa shape index (κ3) is 2.64. The van der Waals surface area contributed by atoms with E-state index in [4.69, 9.17) is 5.73 Å². The molecule has 0 saturated heterocycles. The van der Waals surface area contributed by atoms with Crippen molar-refractivity contribution in [3.8, 4) is 0 Å². The van der Waals surface area contributed by atoms with Crippen molar-refractivity contribution in [1.82, 2.24) is 4.57 Å². The Labute approximate surface area is 134 Å². The summed E-state index contributed by atoms with van der Waals surface area (Å²) in [5.41, 5.74) is 6.06. The number of benzene rings is 1. The van der Waals surface area contributed by atoms with E-state index in [0.29, 0.717) is 28.8 Å². The van der Waals surface area contributed by atoms with Crippen molar-refractivity contribution >= 4 is 33.2 Å². The number of carbonyl (C=O) groups excluding carboxylic acids is 1. The first-order chi connectivity index (χ1) is 10.5. The first-order valence-corrected chi connectivity index (χ1v) is 7.43. The molecule has 3 N–H and O–H groups in total. The normalized spacial score (nSPS) is 16.4. The number of rotatable bonds is 3. The van der Waals surface area contributed by atoms with Crippen LogP contribution in [0.5, 0.6) is 0 Å². The molecule has 1 amide bonds. The van der Waals surface area contributed by atoms with E-state index in [0.717, 1.165) is 0 Å². The van der Waals surface area contributed by atoms with Gasteiger partial charge in [-0.15, -0.1) is 0 Å². The van der Waals surface area contributed by atoms with E-state index < -0.39 is 17.6 Å². The average Bonchev–Trinajstić information content (AvgIpc) is 2.86. The molecule has 1 aliphatic rings. The molecule has 0 aliphatic carbocycles. The Morgan fingerprint density at radius 1 is 1.45 bits per heavy atom. The van der Waals surface area contributed by atoms with Crippen LogP contribution in [0.3, 0.4) is 0 Å². The number of carbonyl (C=O) groups is 1. The van der Waals surface area contributed by atoms with Gasteiger partial charge in [0, 0.05) is 28.8 Å². The van der Waals surface area contributed by atoms with Crippen molar-refractivity contribution in [2.45, 2.75) is 18.9 Å². The maximum absolute atomic E-state index is 13.9. The lowest BCUT2D eigenvalue weighted by molar-refractivity contribution is -0.119. The van der Waals surface area contributed by atoms with Crippen molar-refractivity contribution in [2.24, 2.45) is 5.73 Å². The van der Waals surface area contributed by atoms with Gasteiger partial charge in [-0.2, -0.15) is 0 Å². The summed E-state index contributed by atoms with van der Waals surface area (Å²) in [5, 5.41) is 2.81. The molecule has 2 aromatic rings. The molecule has 0 fully saturated rings. The minimum absolute atomic E-state index is 0.220. The smallest absolute Gasteiger partial charge is 0.252 e. The fraction of sp³-hybridized carbons (Fsp3) is 0.200. The number of halogens is 2. The van der Waals surface area contributed by atoms with Gasteiger partial charge in [0.05, 0.1) is 17.3 Å². The van der Waals surface area contributed by atoms with E-state index in [2.05, 4.69) is 27.3 Å². The van der Waals surface area contributed by atoms with E-state index in [1.807, 2.05) is 0 Å². The van der Waals surface area contributed by atoms with Crippen LogP contribution in [0.4, 0.5) is 15.8 Å². The second kappa shape index (κ2) is 5.57. The van der Waals surface area contributed by atoms with Crippen LogP contribution in [-0.2, 0) is 11.3 Å². The standard InChI is InChI=1S/C15H12BrFN3O2/c16-8-1-2-12(11(17)5-8)19-9-6-13-10(15(18)22)3-4-20(13)14(21)7-9/h1-2,5,7,10,19H,3-4H2,(H2,18,22). The molecule has 1 atom stereocenters. The molecule has 1 aromatic heterocycles. The molecule has 0 spiro atoms. The zero-order valence-corrected chi connectivity index (χ0v) is 13.0. The van der Waals surface area contributed by atoms with Crippen LogP contribution in [0.2, 0.25) is 0 Å². The number of hydrogen-bond acceptors (Lipinski definition) is 3. The van der Waals surface area contributed by atoms with Gasteiger partial charge in [-0.1, -0.05) is 15.9 Å². The van der Waals surface area contributed by atoms with Gasteiger partial charge in [-0.25, -0.2) is 4.39 Å². The number of hydrogen-bond donors (Lipinski definition) is 2. The number of fused-ring (bicyclic) bond motifs is 1. The van der Waals surface area contributed by atoms with Crippen molar-refractivity contribution in [1.29, 1.82) is 0 Å². The molecular formula is C15H12BrFN3O2. The van der Waals surface area contributed by atoms with Crippen LogP contribution < -0.4 is 16.6 Å². The Morgan fingerprint density at radius 2 is 2.23 bits per heavy atom.